The van der Waals surface area contributed by atoms with Crippen molar-refractivity contribution in [3.63, 3.8) is 0 Å². The molecule has 2 rings (SSSR count). The van der Waals surface area contributed by atoms with E-state index >= 15 is 0 Å². The summed E-state index contributed by atoms with van der Waals surface area (Å²) < 4.78 is 28.8. The van der Waals surface area contributed by atoms with Crippen molar-refractivity contribution in [2.75, 3.05) is 18.2 Å². The van der Waals surface area contributed by atoms with E-state index in [2.05, 4.69) is 10.1 Å². The number of carbonyl (C=O) groups is 2. The molecule has 126 valence electrons. The number of sulfone groups is 1. The Morgan fingerprint density at radius 1 is 1.00 bits per heavy atom. The highest BCUT2D eigenvalue weighted by atomic mass is 32.2. The number of rotatable bonds is 6. The number of amides is 1. The van der Waals surface area contributed by atoms with Crippen molar-refractivity contribution < 1.29 is 22.7 Å². The molecule has 0 unspecified atom stereocenters. The highest BCUT2D eigenvalue weighted by Crippen LogP contribution is 2.13. The fourth-order valence-electron chi connectivity index (χ4n) is 2.00. The maximum Gasteiger partial charge on any atom is 0.337 e. The molecule has 0 saturated heterocycles. The van der Waals surface area contributed by atoms with Crippen LogP contribution in [0.2, 0.25) is 0 Å². The van der Waals surface area contributed by atoms with Crippen molar-refractivity contribution in [1.29, 1.82) is 0 Å². The molecule has 1 amide bonds. The van der Waals surface area contributed by atoms with Crippen LogP contribution in [0.25, 0.3) is 0 Å². The standard InChI is InChI=1S/C17H17NO5S/c1-23-17(20)13-7-9-14(10-8-13)18-16(19)11-12-24(21,22)15-5-3-2-4-6-15/h2-10H,11-12H2,1H3,(H,18,19). The average molecular weight is 347 g/mol. The molecule has 0 saturated carbocycles. The van der Waals surface area contributed by atoms with Crippen molar-refractivity contribution in [2.24, 2.45) is 0 Å². The minimum atomic E-state index is -3.49. The number of hydrogen-bond acceptors (Lipinski definition) is 5. The van der Waals surface area contributed by atoms with Crippen LogP contribution < -0.4 is 5.32 Å². The molecule has 2 aromatic carbocycles. The van der Waals surface area contributed by atoms with Crippen molar-refractivity contribution in [1.82, 2.24) is 0 Å². The number of anilines is 1. The van der Waals surface area contributed by atoms with E-state index in [9.17, 15) is 18.0 Å². The van der Waals surface area contributed by atoms with Crippen LogP contribution in [0.4, 0.5) is 5.69 Å². The van der Waals surface area contributed by atoms with Crippen LogP contribution in [0.1, 0.15) is 16.8 Å². The molecule has 6 nitrogen and oxygen atoms in total. The van der Waals surface area contributed by atoms with Crippen LogP contribution in [-0.2, 0) is 19.4 Å². The van der Waals surface area contributed by atoms with E-state index < -0.39 is 21.7 Å². The Kier molecular flexibility index (Phi) is 5.70. The van der Waals surface area contributed by atoms with Gasteiger partial charge in [0, 0.05) is 12.1 Å². The van der Waals surface area contributed by atoms with Crippen molar-refractivity contribution >= 4 is 27.4 Å². The first-order valence-electron chi connectivity index (χ1n) is 7.18. The Hall–Kier alpha value is -2.67. The molecule has 0 spiro atoms. The number of nitrogens with one attached hydrogen (secondary N) is 1. The topological polar surface area (TPSA) is 89.5 Å². The number of methoxy groups -OCH3 is 1. The van der Waals surface area contributed by atoms with Crippen LogP contribution in [0.5, 0.6) is 0 Å². The third-order valence-corrected chi connectivity index (χ3v) is 5.02. The Bertz CT molecular complexity index is 814. The van der Waals surface area contributed by atoms with Gasteiger partial charge < -0.3 is 10.1 Å². The van der Waals surface area contributed by atoms with Crippen molar-refractivity contribution in [2.45, 2.75) is 11.3 Å². The lowest BCUT2D eigenvalue weighted by molar-refractivity contribution is -0.115. The molecule has 0 aliphatic carbocycles. The average Bonchev–Trinajstić information content (AvgIpc) is 2.61. The van der Waals surface area contributed by atoms with Gasteiger partial charge in [0.15, 0.2) is 9.84 Å². The summed E-state index contributed by atoms with van der Waals surface area (Å²) in [5, 5.41) is 2.59. The number of ether oxygens (including phenoxy) is 1. The Labute approximate surface area is 140 Å². The van der Waals surface area contributed by atoms with Gasteiger partial charge in [-0.25, -0.2) is 13.2 Å². The van der Waals surface area contributed by atoms with Gasteiger partial charge in [-0.2, -0.15) is 0 Å². The summed E-state index contributed by atoms with van der Waals surface area (Å²) >= 11 is 0. The Morgan fingerprint density at radius 2 is 1.62 bits per heavy atom. The van der Waals surface area contributed by atoms with E-state index in [0.29, 0.717) is 11.3 Å². The lowest BCUT2D eigenvalue weighted by atomic mass is 10.2. The van der Waals surface area contributed by atoms with Gasteiger partial charge in [0.2, 0.25) is 5.91 Å². The van der Waals surface area contributed by atoms with Gasteiger partial charge in [0.25, 0.3) is 0 Å². The summed E-state index contributed by atoms with van der Waals surface area (Å²) in [5.74, 6) is -1.16. The SMILES string of the molecule is COC(=O)c1ccc(NC(=O)CCS(=O)(=O)c2ccccc2)cc1. The first-order chi connectivity index (χ1) is 11.4. The first-order valence-corrected chi connectivity index (χ1v) is 8.83. The van der Waals surface area contributed by atoms with Crippen molar-refractivity contribution in [3.8, 4) is 0 Å². The minimum Gasteiger partial charge on any atom is -0.465 e. The molecule has 7 heteroatoms. The lowest BCUT2D eigenvalue weighted by Crippen LogP contribution is -2.17. The monoisotopic (exact) mass is 347 g/mol. The van der Waals surface area contributed by atoms with Crippen molar-refractivity contribution in [3.05, 3.63) is 60.2 Å². The number of esters is 1. The molecule has 0 aromatic heterocycles. The second-order valence-electron chi connectivity index (χ2n) is 5.00. The summed E-state index contributed by atoms with van der Waals surface area (Å²) in [7, 11) is -2.21. The maximum absolute atomic E-state index is 12.1. The molecule has 0 atom stereocenters. The molecule has 0 aliphatic heterocycles. The second-order valence-corrected chi connectivity index (χ2v) is 7.11. The number of carbonyl (C=O) groups excluding carboxylic acids is 2. The molecule has 0 bridgehead atoms. The number of hydrogen-bond donors (Lipinski definition) is 1. The van der Waals surface area contributed by atoms with Gasteiger partial charge in [-0.3, -0.25) is 4.79 Å². The summed E-state index contributed by atoms with van der Waals surface area (Å²) in [6, 6.07) is 14.1. The molecule has 2 aromatic rings. The first kappa shape index (κ1) is 17.7. The predicted octanol–water partition coefficient (Wildman–Crippen LogP) is 2.28. The molecule has 1 N–H and O–H groups in total. The summed E-state index contributed by atoms with van der Waals surface area (Å²) in [4.78, 5) is 23.4. The van der Waals surface area contributed by atoms with Crippen LogP contribution >= 0.6 is 0 Å². The van der Waals surface area contributed by atoms with E-state index in [4.69, 9.17) is 0 Å². The fraction of sp³-hybridized carbons (Fsp3) is 0.176. The van der Waals surface area contributed by atoms with Gasteiger partial charge >= 0.3 is 5.97 Å². The quantitative estimate of drug-likeness (QED) is 0.810. The normalized spacial score (nSPS) is 10.9. The summed E-state index contributed by atoms with van der Waals surface area (Å²) in [5.41, 5.74) is 0.840. The lowest BCUT2D eigenvalue weighted by Gasteiger charge is -2.07. The van der Waals surface area contributed by atoms with Gasteiger partial charge in [-0.1, -0.05) is 18.2 Å². The van der Waals surface area contributed by atoms with E-state index in [-0.39, 0.29) is 17.1 Å². The highest BCUT2D eigenvalue weighted by Gasteiger charge is 2.16. The molecule has 24 heavy (non-hydrogen) atoms. The van der Waals surface area contributed by atoms with E-state index in [1.807, 2.05) is 0 Å². The van der Waals surface area contributed by atoms with Gasteiger partial charge in [-0.05, 0) is 36.4 Å². The van der Waals surface area contributed by atoms with E-state index in [1.165, 1.54) is 31.4 Å². The van der Waals surface area contributed by atoms with Crippen LogP contribution in [-0.4, -0.2) is 33.2 Å². The van der Waals surface area contributed by atoms with E-state index in [0.717, 1.165) is 0 Å². The number of benzene rings is 2. The largest absolute Gasteiger partial charge is 0.465 e. The van der Waals surface area contributed by atoms with Gasteiger partial charge in [-0.15, -0.1) is 0 Å². The molecule has 0 heterocycles. The van der Waals surface area contributed by atoms with Crippen LogP contribution in [0, 0.1) is 0 Å². The molecule has 0 radical (unpaired) electrons. The maximum atomic E-state index is 12.1. The summed E-state index contributed by atoms with van der Waals surface area (Å²) in [6.07, 6.45) is -0.157. The minimum absolute atomic E-state index is 0.157. The van der Waals surface area contributed by atoms with E-state index in [1.54, 1.807) is 30.3 Å². The fourth-order valence-corrected chi connectivity index (χ4v) is 3.27. The summed E-state index contributed by atoms with van der Waals surface area (Å²) in [6.45, 7) is 0. The van der Waals surface area contributed by atoms with Crippen LogP contribution in [0.15, 0.2) is 59.5 Å². The van der Waals surface area contributed by atoms with Gasteiger partial charge in [0.05, 0.1) is 23.3 Å². The molecular formula is C17H17NO5S. The Morgan fingerprint density at radius 3 is 2.21 bits per heavy atom. The molecule has 0 fully saturated rings. The molecule has 0 aliphatic rings. The van der Waals surface area contributed by atoms with Gasteiger partial charge in [0.1, 0.15) is 0 Å². The zero-order chi connectivity index (χ0) is 17.6. The highest BCUT2D eigenvalue weighted by molar-refractivity contribution is 7.91. The molecular weight excluding hydrogens is 330 g/mol. The third kappa shape index (κ3) is 4.66. The van der Waals surface area contributed by atoms with Crippen LogP contribution in [0.3, 0.4) is 0 Å². The Balaban J connectivity index is 1.93. The predicted molar refractivity (Wildman–Crippen MR) is 89.5 cm³/mol. The smallest absolute Gasteiger partial charge is 0.337 e. The second kappa shape index (κ2) is 7.74. The zero-order valence-electron chi connectivity index (χ0n) is 13.1. The zero-order valence-corrected chi connectivity index (χ0v) is 13.9. The third-order valence-electron chi connectivity index (χ3n) is 3.29.